The van der Waals surface area contributed by atoms with Crippen LogP contribution < -0.4 is 0 Å². The molecule has 0 saturated carbocycles. The molecule has 6 heteroatoms. The standard InChI is InChI=1S/C13H9F2N3S/c1-7-5-6-10-12(16-7)18(13(19)17-10)11-8(14)3-2-4-9(11)15/h2-6H,1H3,(H,17,19). The molecule has 0 amide bonds. The molecule has 19 heavy (non-hydrogen) atoms. The monoisotopic (exact) mass is 277 g/mol. The molecule has 0 aliphatic carbocycles. The maximum atomic E-state index is 13.9. The number of aromatic nitrogens is 3. The summed E-state index contributed by atoms with van der Waals surface area (Å²) in [6.07, 6.45) is 0. The van der Waals surface area contributed by atoms with E-state index in [1.54, 1.807) is 19.1 Å². The molecule has 3 rings (SSSR count). The molecule has 0 unspecified atom stereocenters. The molecule has 2 aromatic heterocycles. The first-order valence-electron chi connectivity index (χ1n) is 5.60. The van der Waals surface area contributed by atoms with Crippen molar-refractivity contribution in [3.8, 4) is 5.69 Å². The average Bonchev–Trinajstić information content (AvgIpc) is 2.66. The minimum atomic E-state index is -0.680. The number of rotatable bonds is 1. The third-order valence-corrected chi connectivity index (χ3v) is 3.12. The molecule has 2 heterocycles. The number of hydrogen-bond donors (Lipinski definition) is 1. The molecule has 0 saturated heterocycles. The van der Waals surface area contributed by atoms with E-state index in [4.69, 9.17) is 12.2 Å². The van der Waals surface area contributed by atoms with Crippen LogP contribution in [-0.2, 0) is 0 Å². The van der Waals surface area contributed by atoms with Gasteiger partial charge in [-0.2, -0.15) is 0 Å². The Hall–Kier alpha value is -2.08. The third-order valence-electron chi connectivity index (χ3n) is 2.83. The van der Waals surface area contributed by atoms with Gasteiger partial charge in [0.1, 0.15) is 17.3 Å². The highest BCUT2D eigenvalue weighted by Gasteiger charge is 2.15. The highest BCUT2D eigenvalue weighted by molar-refractivity contribution is 7.71. The molecule has 1 aromatic carbocycles. The number of hydrogen-bond acceptors (Lipinski definition) is 2. The lowest BCUT2D eigenvalue weighted by molar-refractivity contribution is 0.569. The van der Waals surface area contributed by atoms with Crippen LogP contribution >= 0.6 is 12.2 Å². The van der Waals surface area contributed by atoms with Crippen LogP contribution in [0.3, 0.4) is 0 Å². The Morgan fingerprint density at radius 2 is 1.84 bits per heavy atom. The summed E-state index contributed by atoms with van der Waals surface area (Å²) >= 11 is 5.13. The number of nitrogens with zero attached hydrogens (tertiary/aromatic N) is 2. The lowest BCUT2D eigenvalue weighted by Gasteiger charge is -2.06. The van der Waals surface area contributed by atoms with E-state index in [1.807, 2.05) is 0 Å². The van der Waals surface area contributed by atoms with Crippen molar-refractivity contribution in [2.24, 2.45) is 0 Å². The molecule has 1 N–H and O–H groups in total. The number of aryl methyl sites for hydroxylation is 1. The smallest absolute Gasteiger partial charge is 0.184 e. The maximum Gasteiger partial charge on any atom is 0.184 e. The van der Waals surface area contributed by atoms with E-state index in [9.17, 15) is 8.78 Å². The molecular weight excluding hydrogens is 268 g/mol. The number of fused-ring (bicyclic) bond motifs is 1. The fourth-order valence-corrected chi connectivity index (χ4v) is 2.28. The van der Waals surface area contributed by atoms with Gasteiger partial charge in [0, 0.05) is 5.69 Å². The number of H-pyrrole nitrogens is 1. The second-order valence-electron chi connectivity index (χ2n) is 4.16. The minimum absolute atomic E-state index is 0.206. The first-order valence-corrected chi connectivity index (χ1v) is 6.01. The maximum absolute atomic E-state index is 13.9. The molecule has 0 spiro atoms. The summed E-state index contributed by atoms with van der Waals surface area (Å²) in [5.41, 5.74) is 1.58. The summed E-state index contributed by atoms with van der Waals surface area (Å²) in [5, 5.41) is 0. The quantitative estimate of drug-likeness (QED) is 0.688. The molecule has 3 nitrogen and oxygen atoms in total. The average molecular weight is 277 g/mol. The van der Waals surface area contributed by atoms with Crippen molar-refractivity contribution in [3.63, 3.8) is 0 Å². The Morgan fingerprint density at radius 1 is 1.16 bits per heavy atom. The highest BCUT2D eigenvalue weighted by atomic mass is 32.1. The first kappa shape index (κ1) is 12.0. The molecule has 0 fully saturated rings. The number of halogens is 2. The van der Waals surface area contributed by atoms with Gasteiger partial charge in [-0.3, -0.25) is 4.57 Å². The van der Waals surface area contributed by atoms with Crippen molar-refractivity contribution in [1.29, 1.82) is 0 Å². The number of benzene rings is 1. The molecule has 0 aliphatic heterocycles. The summed E-state index contributed by atoms with van der Waals surface area (Å²) in [6, 6.07) is 7.27. The van der Waals surface area contributed by atoms with E-state index < -0.39 is 11.6 Å². The SMILES string of the molecule is Cc1ccc2[nH]c(=S)n(-c3c(F)cccc3F)c2n1. The molecular formula is C13H9F2N3S. The van der Waals surface area contributed by atoms with Gasteiger partial charge >= 0.3 is 0 Å². The molecule has 0 aliphatic rings. The van der Waals surface area contributed by atoms with Gasteiger partial charge in [0.25, 0.3) is 0 Å². The van der Waals surface area contributed by atoms with Crippen LogP contribution in [0.15, 0.2) is 30.3 Å². The van der Waals surface area contributed by atoms with Gasteiger partial charge in [0.05, 0.1) is 5.52 Å². The predicted molar refractivity (Wildman–Crippen MR) is 70.9 cm³/mol. The lowest BCUT2D eigenvalue weighted by atomic mass is 10.3. The Morgan fingerprint density at radius 3 is 2.53 bits per heavy atom. The number of pyridine rings is 1. The zero-order valence-corrected chi connectivity index (χ0v) is 10.8. The minimum Gasteiger partial charge on any atom is -0.329 e. The second kappa shape index (κ2) is 4.24. The Kier molecular flexibility index (Phi) is 2.67. The van der Waals surface area contributed by atoms with Gasteiger partial charge < -0.3 is 4.98 Å². The van der Waals surface area contributed by atoms with Gasteiger partial charge in [0.15, 0.2) is 10.4 Å². The summed E-state index contributed by atoms with van der Waals surface area (Å²) in [6.45, 7) is 1.80. The molecule has 96 valence electrons. The van der Waals surface area contributed by atoms with Crippen LogP contribution in [0.4, 0.5) is 8.78 Å². The van der Waals surface area contributed by atoms with Gasteiger partial charge in [0.2, 0.25) is 0 Å². The van der Waals surface area contributed by atoms with E-state index in [1.165, 1.54) is 22.8 Å². The normalized spacial score (nSPS) is 11.1. The fraction of sp³-hybridized carbons (Fsp3) is 0.0769. The van der Waals surface area contributed by atoms with Crippen LogP contribution in [0, 0.1) is 23.3 Å². The van der Waals surface area contributed by atoms with Gasteiger partial charge in [-0.1, -0.05) is 6.07 Å². The van der Waals surface area contributed by atoms with E-state index in [0.717, 1.165) is 5.69 Å². The Labute approximate surface area is 112 Å². The van der Waals surface area contributed by atoms with E-state index in [0.29, 0.717) is 11.2 Å². The summed E-state index contributed by atoms with van der Waals surface area (Å²) in [4.78, 5) is 7.18. The van der Waals surface area contributed by atoms with Crippen molar-refractivity contribution in [3.05, 3.63) is 52.4 Å². The first-order chi connectivity index (χ1) is 9.08. The topological polar surface area (TPSA) is 33.6 Å². The summed E-state index contributed by atoms with van der Waals surface area (Å²) < 4.78 is 29.2. The number of nitrogens with one attached hydrogen (secondary N) is 1. The Balaban J connectivity index is 2.46. The largest absolute Gasteiger partial charge is 0.329 e. The number of para-hydroxylation sites is 1. The van der Waals surface area contributed by atoms with E-state index in [2.05, 4.69) is 9.97 Å². The molecule has 0 radical (unpaired) electrons. The van der Waals surface area contributed by atoms with E-state index in [-0.39, 0.29) is 10.5 Å². The summed E-state index contributed by atoms with van der Waals surface area (Å²) in [7, 11) is 0. The third kappa shape index (κ3) is 1.84. The van der Waals surface area contributed by atoms with Gasteiger partial charge in [-0.25, -0.2) is 13.8 Å². The van der Waals surface area contributed by atoms with Crippen LogP contribution in [0.2, 0.25) is 0 Å². The number of imidazole rings is 1. The summed E-state index contributed by atoms with van der Waals surface area (Å²) in [5.74, 6) is -1.36. The molecule has 0 atom stereocenters. The zero-order chi connectivity index (χ0) is 13.6. The number of aromatic amines is 1. The molecule has 3 aromatic rings. The fourth-order valence-electron chi connectivity index (χ4n) is 1.99. The van der Waals surface area contributed by atoms with Crippen LogP contribution in [0.5, 0.6) is 0 Å². The predicted octanol–water partition coefficient (Wildman–Crippen LogP) is 3.67. The zero-order valence-electron chi connectivity index (χ0n) is 9.95. The van der Waals surface area contributed by atoms with Crippen molar-refractivity contribution in [2.75, 3.05) is 0 Å². The van der Waals surface area contributed by atoms with Crippen molar-refractivity contribution in [2.45, 2.75) is 6.92 Å². The second-order valence-corrected chi connectivity index (χ2v) is 4.55. The van der Waals surface area contributed by atoms with Crippen LogP contribution in [-0.4, -0.2) is 14.5 Å². The lowest BCUT2D eigenvalue weighted by Crippen LogP contribution is -2.02. The van der Waals surface area contributed by atoms with Gasteiger partial charge in [-0.15, -0.1) is 0 Å². The Bertz CT molecular complexity index is 815. The van der Waals surface area contributed by atoms with Crippen LogP contribution in [0.1, 0.15) is 5.69 Å². The van der Waals surface area contributed by atoms with Crippen molar-refractivity contribution >= 4 is 23.4 Å². The molecule has 0 bridgehead atoms. The van der Waals surface area contributed by atoms with Crippen molar-refractivity contribution < 1.29 is 8.78 Å². The van der Waals surface area contributed by atoms with E-state index >= 15 is 0 Å². The van der Waals surface area contributed by atoms with Gasteiger partial charge in [-0.05, 0) is 43.4 Å². The van der Waals surface area contributed by atoms with Crippen LogP contribution in [0.25, 0.3) is 16.9 Å². The van der Waals surface area contributed by atoms with Crippen molar-refractivity contribution in [1.82, 2.24) is 14.5 Å². The highest BCUT2D eigenvalue weighted by Crippen LogP contribution is 2.23.